The molecule has 1 aromatic rings. The minimum Gasteiger partial charge on any atom is -0.325 e. The molecule has 1 saturated carbocycles. The molecule has 1 aliphatic carbocycles. The Kier molecular flexibility index (Phi) is 4.44. The Bertz CT molecular complexity index is 401. The average Bonchev–Trinajstić information content (AvgIpc) is 2.39. The lowest BCUT2D eigenvalue weighted by Gasteiger charge is -2.28. The van der Waals surface area contributed by atoms with Gasteiger partial charge < -0.3 is 5.73 Å². The third kappa shape index (κ3) is 3.79. The molecule has 18 heavy (non-hydrogen) atoms. The van der Waals surface area contributed by atoms with Crippen molar-refractivity contribution >= 4 is 15.9 Å². The van der Waals surface area contributed by atoms with Crippen molar-refractivity contribution in [3.05, 3.63) is 34.1 Å². The van der Waals surface area contributed by atoms with Gasteiger partial charge in [-0.15, -0.1) is 0 Å². The fraction of sp³-hybridized carbons (Fsp3) is 0.600. The molecule has 0 aromatic heterocycles. The second-order valence-corrected chi connectivity index (χ2v) is 6.77. The fourth-order valence-corrected chi connectivity index (χ4v) is 3.41. The van der Waals surface area contributed by atoms with Gasteiger partial charge in [0.25, 0.3) is 0 Å². The summed E-state index contributed by atoms with van der Waals surface area (Å²) in [6.45, 7) is 2.30. The topological polar surface area (TPSA) is 26.0 Å². The molecule has 0 heterocycles. The lowest BCUT2D eigenvalue weighted by molar-refractivity contribution is 0.362. The Labute approximate surface area is 117 Å². The van der Waals surface area contributed by atoms with Crippen molar-refractivity contribution in [1.82, 2.24) is 0 Å². The minimum absolute atomic E-state index is 0.155. The van der Waals surface area contributed by atoms with E-state index in [0.29, 0.717) is 0 Å². The highest BCUT2D eigenvalue weighted by molar-refractivity contribution is 9.10. The lowest BCUT2D eigenvalue weighted by atomic mass is 9.84. The Morgan fingerprint density at radius 2 is 2.11 bits per heavy atom. The van der Waals surface area contributed by atoms with Crippen molar-refractivity contribution in [2.24, 2.45) is 11.7 Å². The van der Waals surface area contributed by atoms with E-state index in [0.717, 1.165) is 35.2 Å². The van der Waals surface area contributed by atoms with Crippen LogP contribution in [0.15, 0.2) is 22.7 Å². The summed E-state index contributed by atoms with van der Waals surface area (Å²) in [5.41, 5.74) is 7.36. The van der Waals surface area contributed by atoms with Gasteiger partial charge in [0.15, 0.2) is 0 Å². The summed E-state index contributed by atoms with van der Waals surface area (Å²) >= 11 is 3.34. The van der Waals surface area contributed by atoms with E-state index in [-0.39, 0.29) is 11.4 Å². The molecule has 0 spiro atoms. The molecule has 1 aliphatic rings. The number of nitrogens with two attached hydrogens (primary N) is 1. The number of halogens is 2. The van der Waals surface area contributed by atoms with Gasteiger partial charge in [-0.3, -0.25) is 0 Å². The summed E-state index contributed by atoms with van der Waals surface area (Å²) in [5, 5.41) is 0. The maximum Gasteiger partial charge on any atom is 0.124 e. The van der Waals surface area contributed by atoms with Crippen LogP contribution in [0.5, 0.6) is 0 Å². The highest BCUT2D eigenvalue weighted by Crippen LogP contribution is 2.31. The van der Waals surface area contributed by atoms with Gasteiger partial charge in [0.1, 0.15) is 5.82 Å². The molecule has 0 amide bonds. The first-order valence-electron chi connectivity index (χ1n) is 6.71. The predicted molar refractivity (Wildman–Crippen MR) is 77.0 cm³/mol. The maximum atomic E-state index is 13.4. The minimum atomic E-state index is -0.190. The third-order valence-electron chi connectivity index (χ3n) is 3.99. The molecule has 2 rings (SSSR count). The summed E-state index contributed by atoms with van der Waals surface area (Å²) < 4.78 is 14.2. The zero-order valence-corrected chi connectivity index (χ0v) is 12.5. The fourth-order valence-electron chi connectivity index (χ4n) is 2.90. The van der Waals surface area contributed by atoms with Crippen LogP contribution in [0.25, 0.3) is 0 Å². The first-order valence-corrected chi connectivity index (χ1v) is 7.50. The van der Waals surface area contributed by atoms with Crippen LogP contribution in [0.1, 0.15) is 44.6 Å². The standard InChI is InChI=1S/C15H21BrFN/c1-11-3-2-5-15(18,6-4-11)10-12-7-13(16)9-14(17)8-12/h7-9,11H,2-6,10,18H2,1H3. The molecular weight excluding hydrogens is 293 g/mol. The van der Waals surface area contributed by atoms with Gasteiger partial charge in [0, 0.05) is 10.0 Å². The van der Waals surface area contributed by atoms with Gasteiger partial charge in [0.2, 0.25) is 0 Å². The summed E-state index contributed by atoms with van der Waals surface area (Å²) in [5.74, 6) is 0.583. The van der Waals surface area contributed by atoms with Crippen LogP contribution in [0.2, 0.25) is 0 Å². The Hall–Kier alpha value is -0.410. The van der Waals surface area contributed by atoms with Crippen LogP contribution in [0, 0.1) is 11.7 Å². The van der Waals surface area contributed by atoms with Crippen LogP contribution < -0.4 is 5.73 Å². The van der Waals surface area contributed by atoms with Crippen LogP contribution in [0.4, 0.5) is 4.39 Å². The molecule has 2 atom stereocenters. The quantitative estimate of drug-likeness (QED) is 0.803. The van der Waals surface area contributed by atoms with E-state index in [4.69, 9.17) is 5.73 Å². The van der Waals surface area contributed by atoms with E-state index < -0.39 is 0 Å². The number of hydrogen-bond donors (Lipinski definition) is 1. The molecule has 0 aliphatic heterocycles. The van der Waals surface area contributed by atoms with Crippen LogP contribution >= 0.6 is 15.9 Å². The normalized spacial score (nSPS) is 29.0. The van der Waals surface area contributed by atoms with E-state index in [9.17, 15) is 4.39 Å². The van der Waals surface area contributed by atoms with E-state index in [2.05, 4.69) is 22.9 Å². The second-order valence-electron chi connectivity index (χ2n) is 5.85. The molecule has 0 bridgehead atoms. The zero-order chi connectivity index (χ0) is 13.2. The van der Waals surface area contributed by atoms with Gasteiger partial charge in [-0.1, -0.05) is 35.7 Å². The number of hydrogen-bond acceptors (Lipinski definition) is 1. The molecule has 3 heteroatoms. The molecule has 2 unspecified atom stereocenters. The van der Waals surface area contributed by atoms with Crippen molar-refractivity contribution in [3.8, 4) is 0 Å². The van der Waals surface area contributed by atoms with E-state index in [1.165, 1.54) is 25.3 Å². The van der Waals surface area contributed by atoms with Gasteiger partial charge in [-0.05, 0) is 55.4 Å². The predicted octanol–water partition coefficient (Wildman–Crippen LogP) is 4.43. The Morgan fingerprint density at radius 1 is 1.33 bits per heavy atom. The van der Waals surface area contributed by atoms with E-state index in [1.54, 1.807) is 6.07 Å². The first-order chi connectivity index (χ1) is 8.47. The molecule has 1 nitrogen and oxygen atoms in total. The first kappa shape index (κ1) is 14.0. The molecule has 1 aromatic carbocycles. The summed E-state index contributed by atoms with van der Waals surface area (Å²) in [6.07, 6.45) is 6.51. The van der Waals surface area contributed by atoms with Gasteiger partial charge in [-0.2, -0.15) is 0 Å². The van der Waals surface area contributed by atoms with Crippen molar-refractivity contribution < 1.29 is 4.39 Å². The van der Waals surface area contributed by atoms with Crippen LogP contribution in [0.3, 0.4) is 0 Å². The van der Waals surface area contributed by atoms with Crippen molar-refractivity contribution in [2.45, 2.75) is 51.0 Å². The van der Waals surface area contributed by atoms with E-state index >= 15 is 0 Å². The largest absolute Gasteiger partial charge is 0.325 e. The molecule has 0 saturated heterocycles. The van der Waals surface area contributed by atoms with E-state index in [1.807, 2.05) is 6.07 Å². The Morgan fingerprint density at radius 3 is 2.83 bits per heavy atom. The lowest BCUT2D eigenvalue weighted by Crippen LogP contribution is -2.41. The number of benzene rings is 1. The smallest absolute Gasteiger partial charge is 0.124 e. The van der Waals surface area contributed by atoms with Gasteiger partial charge >= 0.3 is 0 Å². The summed E-state index contributed by atoms with van der Waals surface area (Å²) in [4.78, 5) is 0. The molecule has 0 radical (unpaired) electrons. The highest BCUT2D eigenvalue weighted by Gasteiger charge is 2.28. The monoisotopic (exact) mass is 313 g/mol. The molecule has 100 valence electrons. The van der Waals surface area contributed by atoms with Gasteiger partial charge in [0.05, 0.1) is 0 Å². The SMILES string of the molecule is CC1CCCC(N)(Cc2cc(F)cc(Br)c2)CC1. The molecule has 2 N–H and O–H groups in total. The summed E-state index contributed by atoms with van der Waals surface area (Å²) in [7, 11) is 0. The van der Waals surface area contributed by atoms with Crippen molar-refractivity contribution in [3.63, 3.8) is 0 Å². The number of rotatable bonds is 2. The summed E-state index contributed by atoms with van der Waals surface area (Å²) in [6, 6.07) is 5.07. The third-order valence-corrected chi connectivity index (χ3v) is 4.44. The van der Waals surface area contributed by atoms with Crippen molar-refractivity contribution in [1.29, 1.82) is 0 Å². The Balaban J connectivity index is 2.11. The molecular formula is C15H21BrFN. The maximum absolute atomic E-state index is 13.4. The van der Waals surface area contributed by atoms with Crippen LogP contribution in [-0.4, -0.2) is 5.54 Å². The second kappa shape index (κ2) is 5.70. The highest BCUT2D eigenvalue weighted by atomic mass is 79.9. The molecule has 1 fully saturated rings. The van der Waals surface area contributed by atoms with Gasteiger partial charge in [-0.25, -0.2) is 4.39 Å². The average molecular weight is 314 g/mol. The van der Waals surface area contributed by atoms with Crippen LogP contribution in [-0.2, 0) is 6.42 Å². The van der Waals surface area contributed by atoms with Crippen molar-refractivity contribution in [2.75, 3.05) is 0 Å². The zero-order valence-electron chi connectivity index (χ0n) is 10.9.